The van der Waals surface area contributed by atoms with Gasteiger partial charge in [0.15, 0.2) is 0 Å². The molecule has 2 N–H and O–H groups in total. The zero-order chi connectivity index (χ0) is 19.6. The number of nitro benzene ring substituents is 1. The van der Waals surface area contributed by atoms with Crippen LogP contribution in [0.4, 0.5) is 5.69 Å². The van der Waals surface area contributed by atoms with Crippen molar-refractivity contribution in [3.63, 3.8) is 0 Å². The molecule has 27 heavy (non-hydrogen) atoms. The number of rotatable bonds is 3. The Morgan fingerprint density at radius 3 is 2.33 bits per heavy atom. The number of carbonyl (C=O) groups is 2. The second kappa shape index (κ2) is 7.38. The first-order chi connectivity index (χ1) is 12.8. The highest BCUT2D eigenvalue weighted by molar-refractivity contribution is 9.10. The summed E-state index contributed by atoms with van der Waals surface area (Å²) in [5.74, 6) is -1.56. The smallest absolute Gasteiger partial charge is 0.349 e. The first kappa shape index (κ1) is 18.3. The van der Waals surface area contributed by atoms with Gasteiger partial charge in [-0.2, -0.15) is 0 Å². The van der Waals surface area contributed by atoms with Crippen LogP contribution in [0.5, 0.6) is 0 Å². The molecule has 0 bridgehead atoms. The average molecular weight is 432 g/mol. The number of benzene rings is 2. The van der Waals surface area contributed by atoms with E-state index >= 15 is 0 Å². The van der Waals surface area contributed by atoms with Gasteiger partial charge in [-0.15, -0.1) is 0 Å². The molecule has 0 unspecified atom stereocenters. The zero-order valence-electron chi connectivity index (χ0n) is 13.4. The van der Waals surface area contributed by atoms with Crippen molar-refractivity contribution in [1.29, 1.82) is 0 Å². The Balaban J connectivity index is 1.74. The molecule has 0 atom stereocenters. The van der Waals surface area contributed by atoms with Gasteiger partial charge in [0.05, 0.1) is 4.92 Å². The van der Waals surface area contributed by atoms with Gasteiger partial charge in [0.25, 0.3) is 17.5 Å². The predicted octanol–water partition coefficient (Wildman–Crippen LogP) is 2.54. The maximum atomic E-state index is 12.2. The molecule has 3 rings (SSSR count). The van der Waals surface area contributed by atoms with Crippen LogP contribution in [0.25, 0.3) is 11.0 Å². The number of hydrogen-bond acceptors (Lipinski definition) is 6. The third-order valence-corrected chi connectivity index (χ3v) is 4.06. The van der Waals surface area contributed by atoms with E-state index in [4.69, 9.17) is 4.42 Å². The lowest BCUT2D eigenvalue weighted by molar-refractivity contribution is -0.384. The molecule has 2 aromatic carbocycles. The van der Waals surface area contributed by atoms with Gasteiger partial charge in [0.2, 0.25) is 0 Å². The van der Waals surface area contributed by atoms with Crippen LogP contribution >= 0.6 is 15.9 Å². The van der Waals surface area contributed by atoms with Crippen LogP contribution in [0.1, 0.15) is 20.7 Å². The molecule has 0 saturated heterocycles. The minimum atomic E-state index is -0.860. The van der Waals surface area contributed by atoms with Gasteiger partial charge >= 0.3 is 5.63 Å². The Kier molecular flexibility index (Phi) is 4.99. The molecule has 1 heterocycles. The van der Waals surface area contributed by atoms with Crippen LogP contribution in [-0.4, -0.2) is 16.7 Å². The Labute approximate surface area is 159 Å². The maximum absolute atomic E-state index is 12.2. The third kappa shape index (κ3) is 4.01. The Morgan fingerprint density at radius 2 is 1.67 bits per heavy atom. The molecule has 0 aliphatic heterocycles. The highest BCUT2D eigenvalue weighted by Crippen LogP contribution is 2.19. The van der Waals surface area contributed by atoms with Gasteiger partial charge < -0.3 is 4.42 Å². The van der Waals surface area contributed by atoms with Crippen molar-refractivity contribution in [3.05, 3.63) is 84.7 Å². The Hall–Kier alpha value is -3.53. The number of nitrogens with zero attached hydrogens (tertiary/aromatic N) is 1. The zero-order valence-corrected chi connectivity index (χ0v) is 15.0. The molecule has 0 aliphatic carbocycles. The molecule has 136 valence electrons. The number of carbonyl (C=O) groups excluding carboxylic acids is 2. The van der Waals surface area contributed by atoms with Crippen LogP contribution in [0.3, 0.4) is 0 Å². The van der Waals surface area contributed by atoms with Gasteiger partial charge in [-0.25, -0.2) is 4.79 Å². The number of hydrazine groups is 1. The lowest BCUT2D eigenvalue weighted by atomic mass is 10.2. The van der Waals surface area contributed by atoms with Gasteiger partial charge in [-0.05, 0) is 36.4 Å². The molecule has 0 saturated carbocycles. The fourth-order valence-corrected chi connectivity index (χ4v) is 2.62. The summed E-state index contributed by atoms with van der Waals surface area (Å²) in [7, 11) is 0. The minimum Gasteiger partial charge on any atom is -0.422 e. The maximum Gasteiger partial charge on any atom is 0.349 e. The summed E-state index contributed by atoms with van der Waals surface area (Å²) in [4.78, 5) is 46.2. The first-order valence-electron chi connectivity index (χ1n) is 7.44. The summed E-state index contributed by atoms with van der Waals surface area (Å²) in [6.45, 7) is 0. The number of halogens is 1. The molecule has 0 aliphatic rings. The van der Waals surface area contributed by atoms with Crippen LogP contribution in [0.2, 0.25) is 0 Å². The molecule has 10 heteroatoms. The normalized spacial score (nSPS) is 10.4. The molecular weight excluding hydrogens is 422 g/mol. The van der Waals surface area contributed by atoms with Gasteiger partial charge in [-0.3, -0.25) is 30.6 Å². The summed E-state index contributed by atoms with van der Waals surface area (Å²) in [5, 5.41) is 11.1. The lowest BCUT2D eigenvalue weighted by Crippen LogP contribution is -2.43. The van der Waals surface area contributed by atoms with E-state index < -0.39 is 22.4 Å². The van der Waals surface area contributed by atoms with Crippen molar-refractivity contribution in [2.45, 2.75) is 0 Å². The minimum absolute atomic E-state index is 0.0929. The number of hydrogen-bond donors (Lipinski definition) is 2. The summed E-state index contributed by atoms with van der Waals surface area (Å²) < 4.78 is 5.82. The highest BCUT2D eigenvalue weighted by atomic mass is 79.9. The summed E-state index contributed by atoms with van der Waals surface area (Å²) >= 11 is 3.28. The number of non-ortho nitro benzene ring substituents is 1. The topological polar surface area (TPSA) is 132 Å². The fourth-order valence-electron chi connectivity index (χ4n) is 2.24. The van der Waals surface area contributed by atoms with E-state index in [1.165, 1.54) is 18.2 Å². The second-order valence-corrected chi connectivity index (χ2v) is 6.26. The van der Waals surface area contributed by atoms with Gasteiger partial charge in [-0.1, -0.05) is 15.9 Å². The van der Waals surface area contributed by atoms with Crippen molar-refractivity contribution in [1.82, 2.24) is 10.9 Å². The van der Waals surface area contributed by atoms with E-state index in [1.807, 2.05) is 0 Å². The van der Waals surface area contributed by atoms with Crippen LogP contribution in [0.15, 0.2) is 62.2 Å². The van der Waals surface area contributed by atoms with Gasteiger partial charge in [0.1, 0.15) is 11.1 Å². The van der Waals surface area contributed by atoms with Crippen molar-refractivity contribution < 1.29 is 18.9 Å². The summed E-state index contributed by atoms with van der Waals surface area (Å²) in [5.41, 5.74) is 3.34. The van der Waals surface area contributed by atoms with Gasteiger partial charge in [0, 0.05) is 27.6 Å². The molecule has 0 spiro atoms. The average Bonchev–Trinajstić information content (AvgIpc) is 2.65. The largest absolute Gasteiger partial charge is 0.422 e. The predicted molar refractivity (Wildman–Crippen MR) is 98.2 cm³/mol. The van der Waals surface area contributed by atoms with Crippen LogP contribution < -0.4 is 16.5 Å². The summed E-state index contributed by atoms with van der Waals surface area (Å²) in [6, 6.07) is 11.1. The third-order valence-electron chi connectivity index (χ3n) is 3.57. The number of amides is 2. The summed E-state index contributed by atoms with van der Waals surface area (Å²) in [6.07, 6.45) is 0. The van der Waals surface area contributed by atoms with Crippen molar-refractivity contribution in [2.24, 2.45) is 0 Å². The number of nitrogens with one attached hydrogen (secondary N) is 2. The van der Waals surface area contributed by atoms with E-state index in [9.17, 15) is 24.5 Å². The number of fused-ring (bicyclic) bond motifs is 1. The molecular formula is C17H10BrN3O6. The monoisotopic (exact) mass is 431 g/mol. The van der Waals surface area contributed by atoms with E-state index in [1.54, 1.807) is 18.2 Å². The van der Waals surface area contributed by atoms with Crippen molar-refractivity contribution in [3.8, 4) is 0 Å². The van der Waals surface area contributed by atoms with E-state index in [-0.39, 0.29) is 16.8 Å². The molecule has 9 nitrogen and oxygen atoms in total. The van der Waals surface area contributed by atoms with E-state index in [0.29, 0.717) is 11.0 Å². The van der Waals surface area contributed by atoms with Crippen molar-refractivity contribution >= 4 is 44.4 Å². The highest BCUT2D eigenvalue weighted by Gasteiger charge is 2.16. The first-order valence-corrected chi connectivity index (χ1v) is 8.23. The SMILES string of the molecule is O=C(NNC(=O)c1cc2cc(Br)ccc2oc1=O)c1ccc([N+](=O)[O-])cc1. The molecule has 3 aromatic rings. The van der Waals surface area contributed by atoms with Crippen LogP contribution in [0, 0.1) is 10.1 Å². The second-order valence-electron chi connectivity index (χ2n) is 5.34. The molecule has 0 fully saturated rings. The lowest BCUT2D eigenvalue weighted by Gasteiger charge is -2.07. The molecule has 0 radical (unpaired) electrons. The number of nitro groups is 1. The standard InChI is InChI=1S/C17H10BrN3O6/c18-11-3-6-14-10(7-11)8-13(17(24)27-14)16(23)20-19-15(22)9-1-4-12(5-2-9)21(25)26/h1-8H,(H,19,22)(H,20,23). The Morgan fingerprint density at radius 1 is 1.00 bits per heavy atom. The van der Waals surface area contributed by atoms with E-state index in [0.717, 1.165) is 16.6 Å². The molecule has 2 amide bonds. The fraction of sp³-hybridized carbons (Fsp3) is 0. The molecule has 1 aromatic heterocycles. The van der Waals surface area contributed by atoms with Crippen LogP contribution in [-0.2, 0) is 0 Å². The Bertz CT molecular complexity index is 1120. The quantitative estimate of drug-likeness (QED) is 0.372. The van der Waals surface area contributed by atoms with Crippen molar-refractivity contribution in [2.75, 3.05) is 0 Å². The van der Waals surface area contributed by atoms with E-state index in [2.05, 4.69) is 26.8 Å².